The van der Waals surface area contributed by atoms with Gasteiger partial charge in [0.15, 0.2) is 0 Å². The minimum atomic E-state index is -2.39. The van der Waals surface area contributed by atoms with Crippen LogP contribution >= 0.6 is 11.6 Å². The monoisotopic (exact) mass is 204 g/mol. The van der Waals surface area contributed by atoms with Crippen LogP contribution in [0, 0.1) is 0 Å². The highest BCUT2D eigenvalue weighted by atomic mass is 35.5. The SMILES string of the molecule is O=C(O)C(F)Oc1ccccc1Cl. The fraction of sp³-hybridized carbons (Fsp3) is 0.125. The Kier molecular flexibility index (Phi) is 3.08. The topological polar surface area (TPSA) is 46.5 Å². The molecule has 1 N–H and O–H groups in total. The summed E-state index contributed by atoms with van der Waals surface area (Å²) >= 11 is 5.59. The Labute approximate surface area is 78.7 Å². The number of hydrogen-bond donors (Lipinski definition) is 1. The van der Waals surface area contributed by atoms with Gasteiger partial charge in [-0.2, -0.15) is 4.39 Å². The summed E-state index contributed by atoms with van der Waals surface area (Å²) < 4.78 is 16.9. The van der Waals surface area contributed by atoms with Gasteiger partial charge in [-0.25, -0.2) is 4.79 Å². The maximum absolute atomic E-state index is 12.5. The van der Waals surface area contributed by atoms with Gasteiger partial charge < -0.3 is 9.84 Å². The summed E-state index contributed by atoms with van der Waals surface area (Å²) in [6.07, 6.45) is -2.39. The third-order valence-corrected chi connectivity index (χ3v) is 1.57. The molecule has 0 aromatic heterocycles. The van der Waals surface area contributed by atoms with Crippen LogP contribution in [0.4, 0.5) is 4.39 Å². The minimum Gasteiger partial charge on any atom is -0.476 e. The number of aliphatic carboxylic acids is 1. The molecule has 0 aliphatic carbocycles. The smallest absolute Gasteiger partial charge is 0.378 e. The van der Waals surface area contributed by atoms with Gasteiger partial charge in [-0.05, 0) is 12.1 Å². The van der Waals surface area contributed by atoms with Gasteiger partial charge in [0.05, 0.1) is 5.02 Å². The number of para-hydroxylation sites is 1. The molecular formula is C8H6ClFO3. The van der Waals surface area contributed by atoms with Gasteiger partial charge in [-0.1, -0.05) is 23.7 Å². The second-order valence-corrected chi connectivity index (χ2v) is 2.61. The average Bonchev–Trinajstić information content (AvgIpc) is 2.08. The molecule has 0 saturated heterocycles. The largest absolute Gasteiger partial charge is 0.476 e. The average molecular weight is 205 g/mol. The van der Waals surface area contributed by atoms with E-state index in [2.05, 4.69) is 4.74 Å². The van der Waals surface area contributed by atoms with Crippen molar-refractivity contribution in [2.24, 2.45) is 0 Å². The molecule has 0 aliphatic heterocycles. The fourth-order valence-electron chi connectivity index (χ4n) is 0.702. The van der Waals surface area contributed by atoms with E-state index in [1.807, 2.05) is 0 Å². The fourth-order valence-corrected chi connectivity index (χ4v) is 0.882. The van der Waals surface area contributed by atoms with E-state index in [1.165, 1.54) is 12.1 Å². The molecule has 13 heavy (non-hydrogen) atoms. The molecule has 0 saturated carbocycles. The van der Waals surface area contributed by atoms with E-state index in [-0.39, 0.29) is 10.8 Å². The summed E-state index contributed by atoms with van der Waals surface area (Å²) in [5.74, 6) is -1.67. The van der Waals surface area contributed by atoms with Crippen molar-refractivity contribution in [1.29, 1.82) is 0 Å². The first kappa shape index (κ1) is 9.80. The lowest BCUT2D eigenvalue weighted by Crippen LogP contribution is -2.21. The van der Waals surface area contributed by atoms with Crippen LogP contribution in [0.3, 0.4) is 0 Å². The van der Waals surface area contributed by atoms with Gasteiger partial charge >= 0.3 is 12.3 Å². The highest BCUT2D eigenvalue weighted by Gasteiger charge is 2.18. The van der Waals surface area contributed by atoms with E-state index in [1.54, 1.807) is 12.1 Å². The first-order valence-corrected chi connectivity index (χ1v) is 3.77. The molecule has 5 heteroatoms. The highest BCUT2D eigenvalue weighted by Crippen LogP contribution is 2.24. The minimum absolute atomic E-state index is 0.0130. The predicted molar refractivity (Wildman–Crippen MR) is 44.6 cm³/mol. The van der Waals surface area contributed by atoms with Crippen LogP contribution in [0.25, 0.3) is 0 Å². The molecule has 0 aliphatic rings. The molecule has 0 amide bonds. The molecule has 1 aromatic carbocycles. The molecule has 0 fully saturated rings. The third kappa shape index (κ3) is 2.59. The maximum atomic E-state index is 12.5. The Balaban J connectivity index is 2.74. The molecule has 3 nitrogen and oxygen atoms in total. The molecule has 0 heterocycles. The van der Waals surface area contributed by atoms with Crippen molar-refractivity contribution < 1.29 is 19.0 Å². The number of benzene rings is 1. The Bertz CT molecular complexity index is 316. The van der Waals surface area contributed by atoms with E-state index >= 15 is 0 Å². The zero-order chi connectivity index (χ0) is 9.84. The van der Waals surface area contributed by atoms with E-state index in [4.69, 9.17) is 16.7 Å². The van der Waals surface area contributed by atoms with Crippen molar-refractivity contribution in [2.75, 3.05) is 0 Å². The first-order chi connectivity index (χ1) is 6.11. The zero-order valence-electron chi connectivity index (χ0n) is 6.41. The third-order valence-electron chi connectivity index (χ3n) is 1.26. The van der Waals surface area contributed by atoms with Crippen molar-refractivity contribution in [3.05, 3.63) is 29.3 Å². The lowest BCUT2D eigenvalue weighted by atomic mass is 10.3. The van der Waals surface area contributed by atoms with Crippen LogP contribution in [0.5, 0.6) is 5.75 Å². The van der Waals surface area contributed by atoms with Crippen LogP contribution in [0.1, 0.15) is 0 Å². The lowest BCUT2D eigenvalue weighted by Gasteiger charge is -2.07. The first-order valence-electron chi connectivity index (χ1n) is 3.39. The van der Waals surface area contributed by atoms with Crippen molar-refractivity contribution in [3.63, 3.8) is 0 Å². The number of alkyl halides is 1. The maximum Gasteiger partial charge on any atom is 0.378 e. The van der Waals surface area contributed by atoms with Crippen LogP contribution in [-0.2, 0) is 4.79 Å². The summed E-state index contributed by atoms with van der Waals surface area (Å²) in [6, 6.07) is 6.06. The number of carboxylic acids is 1. The molecular weight excluding hydrogens is 199 g/mol. The van der Waals surface area contributed by atoms with Crippen molar-refractivity contribution in [3.8, 4) is 5.75 Å². The molecule has 1 atom stereocenters. The Morgan fingerprint density at radius 1 is 1.54 bits per heavy atom. The number of carbonyl (C=O) groups is 1. The summed E-state index contributed by atoms with van der Waals surface area (Å²) in [5, 5.41) is 8.36. The Morgan fingerprint density at radius 3 is 2.69 bits per heavy atom. The lowest BCUT2D eigenvalue weighted by molar-refractivity contribution is -0.153. The molecule has 1 rings (SSSR count). The summed E-state index contributed by atoms with van der Waals surface area (Å²) in [5.41, 5.74) is 0. The van der Waals surface area contributed by atoms with Gasteiger partial charge in [0.1, 0.15) is 5.75 Å². The second-order valence-electron chi connectivity index (χ2n) is 2.20. The van der Waals surface area contributed by atoms with Gasteiger partial charge in [0.2, 0.25) is 0 Å². The van der Waals surface area contributed by atoms with Gasteiger partial charge in [0, 0.05) is 0 Å². The van der Waals surface area contributed by atoms with E-state index in [0.717, 1.165) is 0 Å². The molecule has 0 spiro atoms. The number of halogens is 2. The Morgan fingerprint density at radius 2 is 2.15 bits per heavy atom. The van der Waals surface area contributed by atoms with Crippen LogP contribution in [0.2, 0.25) is 5.02 Å². The molecule has 70 valence electrons. The van der Waals surface area contributed by atoms with Gasteiger partial charge in [-0.15, -0.1) is 0 Å². The molecule has 0 bridgehead atoms. The predicted octanol–water partition coefficient (Wildman–Crippen LogP) is 2.10. The second kappa shape index (κ2) is 4.09. The number of hydrogen-bond acceptors (Lipinski definition) is 2. The van der Waals surface area contributed by atoms with E-state index < -0.39 is 12.3 Å². The highest BCUT2D eigenvalue weighted by molar-refractivity contribution is 6.32. The number of ether oxygens (including phenoxy) is 1. The van der Waals surface area contributed by atoms with Crippen molar-refractivity contribution in [1.82, 2.24) is 0 Å². The number of rotatable bonds is 3. The standard InChI is InChI=1S/C8H6ClFO3/c9-5-3-1-2-4-6(5)13-7(10)8(11)12/h1-4,7H,(H,11,12). The summed E-state index contributed by atoms with van der Waals surface area (Å²) in [4.78, 5) is 10.1. The van der Waals surface area contributed by atoms with Crippen LogP contribution < -0.4 is 4.74 Å². The van der Waals surface area contributed by atoms with E-state index in [9.17, 15) is 9.18 Å². The van der Waals surface area contributed by atoms with Crippen molar-refractivity contribution in [2.45, 2.75) is 6.36 Å². The van der Waals surface area contributed by atoms with Crippen LogP contribution in [-0.4, -0.2) is 17.4 Å². The van der Waals surface area contributed by atoms with Gasteiger partial charge in [-0.3, -0.25) is 0 Å². The zero-order valence-corrected chi connectivity index (χ0v) is 7.16. The Hall–Kier alpha value is -1.29. The number of carboxylic acid groups (broad SMARTS) is 1. The van der Waals surface area contributed by atoms with Gasteiger partial charge in [0.25, 0.3) is 0 Å². The normalized spacial score (nSPS) is 12.2. The summed E-state index contributed by atoms with van der Waals surface area (Å²) in [6.45, 7) is 0. The quantitative estimate of drug-likeness (QED) is 0.820. The molecule has 1 aromatic rings. The van der Waals surface area contributed by atoms with Crippen LogP contribution in [0.15, 0.2) is 24.3 Å². The van der Waals surface area contributed by atoms with Crippen molar-refractivity contribution >= 4 is 17.6 Å². The summed E-state index contributed by atoms with van der Waals surface area (Å²) in [7, 11) is 0. The molecule has 0 radical (unpaired) electrons. The molecule has 1 unspecified atom stereocenters. The van der Waals surface area contributed by atoms with E-state index in [0.29, 0.717) is 0 Å².